The maximum atomic E-state index is 10.8. The van der Waals surface area contributed by atoms with Gasteiger partial charge in [-0.05, 0) is 13.0 Å². The molecule has 78 valence electrons. The van der Waals surface area contributed by atoms with E-state index in [1.165, 1.54) is 6.20 Å². The van der Waals surface area contributed by atoms with Crippen LogP contribution >= 0.6 is 12.4 Å². The van der Waals surface area contributed by atoms with E-state index in [9.17, 15) is 4.79 Å². The van der Waals surface area contributed by atoms with Gasteiger partial charge in [0.2, 0.25) is 0 Å². The number of hydrogen-bond donors (Lipinski definition) is 2. The first-order valence-corrected chi connectivity index (χ1v) is 4.32. The van der Waals surface area contributed by atoms with Crippen LogP contribution in [0.5, 0.6) is 0 Å². The number of nitrogens with zero attached hydrogens (tertiary/aromatic N) is 2. The summed E-state index contributed by atoms with van der Waals surface area (Å²) >= 11 is 0. The average Bonchev–Trinajstić information content (AvgIpc) is 2.75. The number of nitrogens with two attached hydrogens (primary N) is 1. The minimum atomic E-state index is -0.419. The molecular weight excluding hydrogens is 204 g/mol. The number of nitrogens with one attached hydrogen (secondary N) is 1. The van der Waals surface area contributed by atoms with Crippen LogP contribution in [-0.4, -0.2) is 28.8 Å². The lowest BCUT2D eigenvalue weighted by Crippen LogP contribution is -2.14. The lowest BCUT2D eigenvalue weighted by molar-refractivity contribution is 0.1000. The molecule has 0 bridgehead atoms. The second-order valence-electron chi connectivity index (χ2n) is 3.22. The Kier molecular flexibility index (Phi) is 3.49. The Morgan fingerprint density at radius 3 is 3.00 bits per heavy atom. The Morgan fingerprint density at radius 2 is 2.50 bits per heavy atom. The number of carbonyl (C=O) groups is 1. The molecule has 0 aromatic carbocycles. The van der Waals surface area contributed by atoms with Crippen molar-refractivity contribution in [3.05, 3.63) is 18.0 Å². The Hall–Kier alpha value is -1.07. The third kappa shape index (κ3) is 2.05. The van der Waals surface area contributed by atoms with Crippen molar-refractivity contribution < 1.29 is 4.79 Å². The summed E-state index contributed by atoms with van der Waals surface area (Å²) in [5.41, 5.74) is 5.60. The average molecular weight is 217 g/mol. The van der Waals surface area contributed by atoms with Gasteiger partial charge in [-0.3, -0.25) is 9.48 Å². The monoisotopic (exact) mass is 216 g/mol. The first-order valence-electron chi connectivity index (χ1n) is 4.32. The molecule has 6 heteroatoms. The van der Waals surface area contributed by atoms with E-state index in [2.05, 4.69) is 10.4 Å². The van der Waals surface area contributed by atoms with Gasteiger partial charge in [0.25, 0.3) is 5.91 Å². The predicted molar refractivity (Wildman–Crippen MR) is 54.5 cm³/mol. The summed E-state index contributed by atoms with van der Waals surface area (Å²) in [4.78, 5) is 10.8. The van der Waals surface area contributed by atoms with E-state index in [-0.39, 0.29) is 12.4 Å². The number of carbonyl (C=O) groups excluding carboxylic acids is 1. The maximum absolute atomic E-state index is 10.8. The number of aromatic nitrogens is 2. The normalized spacial score (nSPS) is 20.4. The van der Waals surface area contributed by atoms with Gasteiger partial charge in [-0.25, -0.2) is 0 Å². The SMILES string of the molecule is Cl.NC(=O)c1cnn([C@H]2CCNC2)c1. The van der Waals surface area contributed by atoms with Gasteiger partial charge in [0.15, 0.2) is 0 Å². The number of hydrogen-bond acceptors (Lipinski definition) is 3. The Labute approximate surface area is 88.1 Å². The van der Waals surface area contributed by atoms with E-state index in [4.69, 9.17) is 5.73 Å². The molecule has 1 aliphatic rings. The van der Waals surface area contributed by atoms with Crippen LogP contribution in [0.4, 0.5) is 0 Å². The summed E-state index contributed by atoms with van der Waals surface area (Å²) < 4.78 is 1.81. The fourth-order valence-corrected chi connectivity index (χ4v) is 1.53. The molecule has 2 heterocycles. The van der Waals surface area contributed by atoms with Crippen molar-refractivity contribution in [3.63, 3.8) is 0 Å². The van der Waals surface area contributed by atoms with Gasteiger partial charge >= 0.3 is 0 Å². The molecule has 0 spiro atoms. The van der Waals surface area contributed by atoms with Crippen LogP contribution < -0.4 is 11.1 Å². The van der Waals surface area contributed by atoms with Gasteiger partial charge in [-0.15, -0.1) is 12.4 Å². The quantitative estimate of drug-likeness (QED) is 0.728. The molecule has 1 aromatic heterocycles. The number of halogens is 1. The van der Waals surface area contributed by atoms with Crippen molar-refractivity contribution in [2.24, 2.45) is 5.73 Å². The fourth-order valence-electron chi connectivity index (χ4n) is 1.53. The number of amides is 1. The Bertz CT molecular complexity index is 319. The Morgan fingerprint density at radius 1 is 1.71 bits per heavy atom. The highest BCUT2D eigenvalue weighted by Gasteiger charge is 2.17. The minimum Gasteiger partial charge on any atom is -0.366 e. The van der Waals surface area contributed by atoms with Crippen molar-refractivity contribution in [1.82, 2.24) is 15.1 Å². The highest BCUT2D eigenvalue weighted by molar-refractivity contribution is 5.92. The van der Waals surface area contributed by atoms with E-state index in [0.29, 0.717) is 11.6 Å². The molecule has 3 N–H and O–H groups in total. The van der Waals surface area contributed by atoms with Gasteiger partial charge in [0.1, 0.15) is 0 Å². The van der Waals surface area contributed by atoms with E-state index in [1.807, 2.05) is 0 Å². The lowest BCUT2D eigenvalue weighted by Gasteiger charge is -2.07. The molecule has 2 rings (SSSR count). The summed E-state index contributed by atoms with van der Waals surface area (Å²) in [6.45, 7) is 1.93. The largest absolute Gasteiger partial charge is 0.366 e. The molecule has 5 nitrogen and oxygen atoms in total. The van der Waals surface area contributed by atoms with Crippen molar-refractivity contribution in [3.8, 4) is 0 Å². The van der Waals surface area contributed by atoms with Crippen molar-refractivity contribution >= 4 is 18.3 Å². The van der Waals surface area contributed by atoms with Gasteiger partial charge < -0.3 is 11.1 Å². The Balaban J connectivity index is 0.000000980. The van der Waals surface area contributed by atoms with Crippen LogP contribution in [0.25, 0.3) is 0 Å². The second kappa shape index (κ2) is 4.43. The van der Waals surface area contributed by atoms with Crippen LogP contribution in [-0.2, 0) is 0 Å². The molecular formula is C8H13ClN4O. The van der Waals surface area contributed by atoms with Gasteiger partial charge in [0.05, 0.1) is 17.8 Å². The summed E-state index contributed by atoms with van der Waals surface area (Å²) in [7, 11) is 0. The zero-order valence-electron chi connectivity index (χ0n) is 7.64. The van der Waals surface area contributed by atoms with Crippen molar-refractivity contribution in [1.29, 1.82) is 0 Å². The van der Waals surface area contributed by atoms with E-state index < -0.39 is 5.91 Å². The molecule has 0 unspecified atom stereocenters. The predicted octanol–water partition coefficient (Wildman–Crippen LogP) is -0.0618. The molecule has 1 saturated heterocycles. The van der Waals surface area contributed by atoms with E-state index >= 15 is 0 Å². The molecule has 14 heavy (non-hydrogen) atoms. The van der Waals surface area contributed by atoms with E-state index in [1.54, 1.807) is 10.9 Å². The molecule has 1 fully saturated rings. The van der Waals surface area contributed by atoms with E-state index in [0.717, 1.165) is 19.5 Å². The number of rotatable bonds is 2. The van der Waals surface area contributed by atoms with Crippen LogP contribution in [0, 0.1) is 0 Å². The van der Waals surface area contributed by atoms with Gasteiger partial charge in [0, 0.05) is 12.7 Å². The first kappa shape index (κ1) is 11.0. The first-order chi connectivity index (χ1) is 6.27. The molecule has 1 aromatic rings. The zero-order valence-corrected chi connectivity index (χ0v) is 8.46. The standard InChI is InChI=1S/C8H12N4O.ClH/c9-8(13)6-3-11-12(5-6)7-1-2-10-4-7;/h3,5,7,10H,1-2,4H2,(H2,9,13);1H/t7-;/m0./s1. The highest BCUT2D eigenvalue weighted by atomic mass is 35.5. The molecule has 1 atom stereocenters. The maximum Gasteiger partial charge on any atom is 0.251 e. The lowest BCUT2D eigenvalue weighted by atomic mass is 10.3. The van der Waals surface area contributed by atoms with Crippen LogP contribution in [0.1, 0.15) is 22.8 Å². The molecule has 1 amide bonds. The molecule has 0 saturated carbocycles. The van der Waals surface area contributed by atoms with Gasteiger partial charge in [-0.1, -0.05) is 0 Å². The minimum absolute atomic E-state index is 0. The molecule has 1 aliphatic heterocycles. The topological polar surface area (TPSA) is 72.9 Å². The summed E-state index contributed by atoms with van der Waals surface area (Å²) in [6, 6.07) is 0.369. The van der Waals surface area contributed by atoms with Crippen LogP contribution in [0.15, 0.2) is 12.4 Å². The van der Waals surface area contributed by atoms with Crippen molar-refractivity contribution in [2.75, 3.05) is 13.1 Å². The number of primary amides is 1. The zero-order chi connectivity index (χ0) is 9.26. The van der Waals surface area contributed by atoms with Crippen LogP contribution in [0.3, 0.4) is 0 Å². The molecule has 0 radical (unpaired) electrons. The molecule has 0 aliphatic carbocycles. The summed E-state index contributed by atoms with van der Waals surface area (Å²) in [6.07, 6.45) is 4.28. The smallest absolute Gasteiger partial charge is 0.251 e. The van der Waals surface area contributed by atoms with Gasteiger partial charge in [-0.2, -0.15) is 5.10 Å². The summed E-state index contributed by atoms with van der Waals surface area (Å²) in [5.74, 6) is -0.419. The second-order valence-corrected chi connectivity index (χ2v) is 3.22. The third-order valence-electron chi connectivity index (χ3n) is 2.29. The highest BCUT2D eigenvalue weighted by Crippen LogP contribution is 2.13. The fraction of sp³-hybridized carbons (Fsp3) is 0.500. The summed E-state index contributed by atoms with van der Waals surface area (Å²) in [5, 5.41) is 7.33. The van der Waals surface area contributed by atoms with Crippen LogP contribution in [0.2, 0.25) is 0 Å². The third-order valence-corrected chi connectivity index (χ3v) is 2.29. The van der Waals surface area contributed by atoms with Crippen molar-refractivity contribution in [2.45, 2.75) is 12.5 Å².